The summed E-state index contributed by atoms with van der Waals surface area (Å²) in [4.78, 5) is 30.0. The van der Waals surface area contributed by atoms with E-state index in [1.54, 1.807) is 0 Å². The largest absolute Gasteiger partial charge is 0.550 e. The molecule has 76 valence electrons. The van der Waals surface area contributed by atoms with Crippen molar-refractivity contribution in [2.75, 3.05) is 0 Å². The Kier molecular flexibility index (Phi) is 5.70. The van der Waals surface area contributed by atoms with Gasteiger partial charge in [-0.15, -0.1) is 0 Å². The van der Waals surface area contributed by atoms with Crippen LogP contribution in [0.1, 0.15) is 12.8 Å². The van der Waals surface area contributed by atoms with Crippen molar-refractivity contribution in [3.05, 3.63) is 0 Å². The molecule has 7 nitrogen and oxygen atoms in total. The summed E-state index contributed by atoms with van der Waals surface area (Å²) in [6, 6.07) is 0. The first-order valence-electron chi connectivity index (χ1n) is 3.11. The van der Waals surface area contributed by atoms with Crippen LogP contribution in [0.3, 0.4) is 0 Å². The second-order valence-electron chi connectivity index (χ2n) is 2.42. The van der Waals surface area contributed by atoms with Gasteiger partial charge >= 0.3 is 0 Å². The van der Waals surface area contributed by atoms with Crippen molar-refractivity contribution in [1.82, 2.24) is 0 Å². The quantitative estimate of drug-likeness (QED) is 0.434. The molecule has 0 aromatic carbocycles. The number of carbonyl (C=O) groups excluding carboxylic acids is 3. The van der Waals surface area contributed by atoms with E-state index in [1.165, 1.54) is 0 Å². The number of aliphatic carboxylic acids is 3. The van der Waals surface area contributed by atoms with Crippen LogP contribution in [0.15, 0.2) is 0 Å². The second kappa shape index (κ2) is 5.31. The van der Waals surface area contributed by atoms with Crippen molar-refractivity contribution in [1.29, 1.82) is 0 Å². The molecule has 0 saturated carbocycles. The van der Waals surface area contributed by atoms with E-state index in [1.807, 2.05) is 0 Å². The van der Waals surface area contributed by atoms with Gasteiger partial charge < -0.3 is 34.8 Å². The molecular weight excluding hydrogens is 193 g/mol. The molecule has 0 saturated heterocycles. The molecule has 0 rings (SSSR count). The van der Waals surface area contributed by atoms with E-state index in [-0.39, 0.29) is 10.1 Å². The molecule has 0 fully saturated rings. The number of carbonyl (C=O) groups is 3. The van der Waals surface area contributed by atoms with Crippen molar-refractivity contribution in [2.24, 2.45) is 0 Å². The van der Waals surface area contributed by atoms with Gasteiger partial charge in [-0.1, -0.05) is 0 Å². The smallest absolute Gasteiger partial charge is 0.114 e. The van der Waals surface area contributed by atoms with Gasteiger partial charge in [0.05, 0.1) is 5.97 Å². The maximum atomic E-state index is 10.1. The molecule has 0 bridgehead atoms. The zero-order valence-corrected chi connectivity index (χ0v) is 7.02. The van der Waals surface area contributed by atoms with Crippen LogP contribution in [0.25, 0.3) is 0 Å². The molecule has 0 heterocycles. The molecule has 0 unspecified atom stereocenters. The van der Waals surface area contributed by atoms with E-state index in [2.05, 4.69) is 0 Å². The van der Waals surface area contributed by atoms with Crippen LogP contribution in [-0.2, 0) is 14.4 Å². The number of carboxylic acids is 3. The fourth-order valence-electron chi connectivity index (χ4n) is 0.684. The molecule has 0 aromatic rings. The van der Waals surface area contributed by atoms with Crippen molar-refractivity contribution >= 4 is 28.0 Å². The van der Waals surface area contributed by atoms with Gasteiger partial charge in [0.25, 0.3) is 0 Å². The molecule has 1 N–H and O–H groups in total. The van der Waals surface area contributed by atoms with Crippen LogP contribution < -0.4 is 15.3 Å². The summed E-state index contributed by atoms with van der Waals surface area (Å²) in [5.74, 6) is -5.98. The number of hydrogen-bond acceptors (Lipinski definition) is 7. The predicted molar refractivity (Wildman–Crippen MR) is 35.0 cm³/mol. The van der Waals surface area contributed by atoms with Crippen molar-refractivity contribution in [3.63, 3.8) is 0 Å². The molecule has 0 aromatic heterocycles. The van der Waals surface area contributed by atoms with Gasteiger partial charge in [0.1, 0.15) is 5.60 Å². The standard InChI is InChI=1S/C6H8O7.Be/c7-3(8)1-6(13,5(11)12)2-4(9)10;/h13H,1-2H2,(H,7,8)(H,9,10)(H,11,12);/p-3. The molecule has 0 spiro atoms. The summed E-state index contributed by atoms with van der Waals surface area (Å²) in [5.41, 5.74) is -2.97. The van der Waals surface area contributed by atoms with Crippen LogP contribution in [-0.4, -0.2) is 38.7 Å². The monoisotopic (exact) mass is 198 g/mol. The zero-order chi connectivity index (χ0) is 10.6. The molecule has 0 atom stereocenters. The molecule has 14 heavy (non-hydrogen) atoms. The summed E-state index contributed by atoms with van der Waals surface area (Å²) < 4.78 is 0. The molecule has 0 aliphatic heterocycles. The summed E-state index contributed by atoms with van der Waals surface area (Å²) in [6.45, 7) is 0. The Morgan fingerprint density at radius 3 is 1.43 bits per heavy atom. The summed E-state index contributed by atoms with van der Waals surface area (Å²) in [6.07, 6.45) is -2.72. The van der Waals surface area contributed by atoms with E-state index >= 15 is 0 Å². The van der Waals surface area contributed by atoms with Gasteiger partial charge in [-0.2, -0.15) is 0 Å². The SMILES string of the molecule is O=C([O-])CC(O)(CC(=O)[O-])C(=O)[O-].[Be]. The van der Waals surface area contributed by atoms with E-state index in [9.17, 15) is 29.7 Å². The number of aliphatic hydroxyl groups is 1. The van der Waals surface area contributed by atoms with Crippen LogP contribution in [0.5, 0.6) is 0 Å². The van der Waals surface area contributed by atoms with E-state index in [4.69, 9.17) is 5.11 Å². The minimum atomic E-state index is -2.97. The van der Waals surface area contributed by atoms with Gasteiger partial charge in [0, 0.05) is 34.9 Å². The van der Waals surface area contributed by atoms with E-state index in [0.29, 0.717) is 0 Å². The molecule has 0 amide bonds. The second-order valence-corrected chi connectivity index (χ2v) is 2.42. The van der Waals surface area contributed by atoms with Crippen LogP contribution in [0, 0.1) is 0 Å². The molecule has 2 radical (unpaired) electrons. The minimum absolute atomic E-state index is 0. The normalized spacial score (nSPS) is 10.1. The van der Waals surface area contributed by atoms with Crippen LogP contribution in [0.4, 0.5) is 0 Å². The third-order valence-corrected chi connectivity index (χ3v) is 1.25. The molecule has 0 aliphatic carbocycles. The average Bonchev–Trinajstić information content (AvgIpc) is 1.82. The number of rotatable bonds is 5. The fourth-order valence-corrected chi connectivity index (χ4v) is 0.684. The first kappa shape index (κ1) is 15.0. The Morgan fingerprint density at radius 1 is 1.00 bits per heavy atom. The van der Waals surface area contributed by atoms with Gasteiger partial charge in [0.15, 0.2) is 0 Å². The Hall–Kier alpha value is -1.46. The van der Waals surface area contributed by atoms with Gasteiger partial charge in [-0.25, -0.2) is 0 Å². The molecule has 0 aliphatic rings. The van der Waals surface area contributed by atoms with E-state index in [0.717, 1.165) is 0 Å². The topological polar surface area (TPSA) is 141 Å². The summed E-state index contributed by atoms with van der Waals surface area (Å²) >= 11 is 0. The van der Waals surface area contributed by atoms with Gasteiger partial charge in [-0.05, 0) is 0 Å². The maximum absolute atomic E-state index is 10.1. The van der Waals surface area contributed by atoms with E-state index < -0.39 is 36.4 Å². The average molecular weight is 198 g/mol. The first-order valence-corrected chi connectivity index (χ1v) is 3.11. The Balaban J connectivity index is 0. The van der Waals surface area contributed by atoms with Gasteiger partial charge in [-0.3, -0.25) is 0 Å². The predicted octanol–water partition coefficient (Wildman–Crippen LogP) is -5.63. The van der Waals surface area contributed by atoms with Crippen molar-refractivity contribution in [3.8, 4) is 0 Å². The third-order valence-electron chi connectivity index (χ3n) is 1.25. The maximum Gasteiger partial charge on any atom is 0.114 e. The Bertz CT molecular complexity index is 233. The molecule has 8 heteroatoms. The zero-order valence-electron chi connectivity index (χ0n) is 7.02. The molecular formula is C6H5BeO7-3. The first-order chi connectivity index (χ1) is 5.78. The van der Waals surface area contributed by atoms with Crippen LogP contribution in [0.2, 0.25) is 0 Å². The Morgan fingerprint density at radius 2 is 1.29 bits per heavy atom. The van der Waals surface area contributed by atoms with Crippen molar-refractivity contribution in [2.45, 2.75) is 18.4 Å². The fraction of sp³-hybridized carbons (Fsp3) is 0.500. The summed E-state index contributed by atoms with van der Waals surface area (Å²) in [7, 11) is 0. The van der Waals surface area contributed by atoms with Gasteiger partial charge in [0.2, 0.25) is 0 Å². The third kappa shape index (κ3) is 4.54. The Labute approximate surface area is 82.2 Å². The minimum Gasteiger partial charge on any atom is -0.550 e. The van der Waals surface area contributed by atoms with Crippen LogP contribution >= 0.6 is 0 Å². The number of hydrogen-bond donors (Lipinski definition) is 1. The number of carboxylic acid groups (broad SMARTS) is 3. The van der Waals surface area contributed by atoms with Crippen molar-refractivity contribution < 1.29 is 34.8 Å². The summed E-state index contributed by atoms with van der Waals surface area (Å²) in [5, 5.41) is 38.9.